The van der Waals surface area contributed by atoms with E-state index in [-0.39, 0.29) is 18.4 Å². The van der Waals surface area contributed by atoms with Crippen LogP contribution in [-0.4, -0.2) is 35.9 Å². The van der Waals surface area contributed by atoms with Crippen LogP contribution in [0.1, 0.15) is 38.3 Å². The van der Waals surface area contributed by atoms with Gasteiger partial charge in [-0.3, -0.25) is 9.59 Å². The Kier molecular flexibility index (Phi) is 9.85. The van der Waals surface area contributed by atoms with Crippen molar-refractivity contribution in [2.24, 2.45) is 5.92 Å². The monoisotopic (exact) mass is 508 g/mol. The van der Waals surface area contributed by atoms with E-state index in [9.17, 15) is 9.59 Å². The van der Waals surface area contributed by atoms with Crippen LogP contribution in [0.15, 0.2) is 46.9 Å². The Balaban J connectivity index is 2.20. The molecule has 31 heavy (non-hydrogen) atoms. The number of carbonyl (C=O) groups is 2. The fourth-order valence-corrected chi connectivity index (χ4v) is 3.77. The number of nitrogens with zero attached hydrogens (tertiary/aromatic N) is 1. The summed E-state index contributed by atoms with van der Waals surface area (Å²) in [6, 6.07) is 12.6. The van der Waals surface area contributed by atoms with Crippen LogP contribution in [0.3, 0.4) is 0 Å². The first-order valence-electron chi connectivity index (χ1n) is 10.4. The minimum Gasteiger partial charge on any atom is -0.482 e. The minimum absolute atomic E-state index is 0.154. The molecule has 168 valence electrons. The molecule has 0 bridgehead atoms. The van der Waals surface area contributed by atoms with Crippen molar-refractivity contribution in [3.8, 4) is 5.75 Å². The van der Waals surface area contributed by atoms with Gasteiger partial charge in [0.05, 0.1) is 5.02 Å². The van der Waals surface area contributed by atoms with Crippen LogP contribution in [0.4, 0.5) is 0 Å². The quantitative estimate of drug-likeness (QED) is 0.468. The van der Waals surface area contributed by atoms with E-state index in [0.717, 1.165) is 15.6 Å². The van der Waals surface area contributed by atoms with Gasteiger partial charge in [-0.05, 0) is 43.0 Å². The van der Waals surface area contributed by atoms with Gasteiger partial charge in [-0.25, -0.2) is 0 Å². The van der Waals surface area contributed by atoms with Crippen LogP contribution in [0.25, 0.3) is 0 Å². The van der Waals surface area contributed by atoms with Gasteiger partial charge in [0, 0.05) is 17.6 Å². The van der Waals surface area contributed by atoms with Gasteiger partial charge in [-0.2, -0.15) is 0 Å². The third-order valence-electron chi connectivity index (χ3n) is 4.79. The molecule has 2 aromatic rings. The van der Waals surface area contributed by atoms with E-state index in [1.807, 2.05) is 52.0 Å². The van der Waals surface area contributed by atoms with Crippen molar-refractivity contribution in [1.29, 1.82) is 0 Å². The van der Waals surface area contributed by atoms with Crippen molar-refractivity contribution in [2.45, 2.75) is 46.7 Å². The maximum atomic E-state index is 13.2. The third-order valence-corrected chi connectivity index (χ3v) is 5.58. The minimum atomic E-state index is -0.587. The van der Waals surface area contributed by atoms with E-state index >= 15 is 0 Å². The fraction of sp³-hybridized carbons (Fsp3) is 0.417. The highest BCUT2D eigenvalue weighted by molar-refractivity contribution is 9.10. The van der Waals surface area contributed by atoms with Crippen molar-refractivity contribution in [1.82, 2.24) is 10.2 Å². The zero-order valence-corrected chi connectivity index (χ0v) is 20.8. The van der Waals surface area contributed by atoms with E-state index in [0.29, 0.717) is 36.2 Å². The fourth-order valence-electron chi connectivity index (χ4n) is 3.05. The maximum Gasteiger partial charge on any atom is 0.261 e. The molecular weight excluding hydrogens is 480 g/mol. The largest absolute Gasteiger partial charge is 0.482 e. The first-order valence-corrected chi connectivity index (χ1v) is 11.6. The lowest BCUT2D eigenvalue weighted by atomic mass is 10.1. The molecule has 0 heterocycles. The Morgan fingerprint density at radius 3 is 2.42 bits per heavy atom. The molecule has 2 amide bonds. The number of aryl methyl sites for hydroxylation is 1. The van der Waals surface area contributed by atoms with Gasteiger partial charge in [0.25, 0.3) is 5.91 Å². The molecule has 1 N–H and O–H groups in total. The summed E-state index contributed by atoms with van der Waals surface area (Å²) >= 11 is 9.56. The first-order chi connectivity index (χ1) is 14.7. The van der Waals surface area contributed by atoms with Gasteiger partial charge in [-0.1, -0.05) is 78.1 Å². The number of halogens is 2. The van der Waals surface area contributed by atoms with E-state index < -0.39 is 6.04 Å². The zero-order chi connectivity index (χ0) is 23.0. The van der Waals surface area contributed by atoms with Gasteiger partial charge in [0.15, 0.2) is 6.61 Å². The molecule has 0 aliphatic rings. The Morgan fingerprint density at radius 2 is 1.84 bits per heavy atom. The summed E-state index contributed by atoms with van der Waals surface area (Å²) in [4.78, 5) is 27.6. The van der Waals surface area contributed by atoms with Gasteiger partial charge < -0.3 is 15.0 Å². The molecule has 1 unspecified atom stereocenters. The lowest BCUT2D eigenvalue weighted by Gasteiger charge is -2.31. The number of rotatable bonds is 10. The second-order valence-electron chi connectivity index (χ2n) is 7.93. The van der Waals surface area contributed by atoms with Crippen molar-refractivity contribution >= 4 is 39.3 Å². The highest BCUT2D eigenvalue weighted by atomic mass is 79.9. The average Bonchev–Trinajstić information content (AvgIpc) is 2.72. The maximum absolute atomic E-state index is 13.2. The topological polar surface area (TPSA) is 58.6 Å². The molecule has 0 fully saturated rings. The summed E-state index contributed by atoms with van der Waals surface area (Å²) in [7, 11) is 0. The molecule has 0 aromatic heterocycles. The summed E-state index contributed by atoms with van der Waals surface area (Å²) in [5.41, 5.74) is 2.09. The third kappa shape index (κ3) is 7.86. The van der Waals surface area contributed by atoms with E-state index in [1.54, 1.807) is 23.1 Å². The van der Waals surface area contributed by atoms with Gasteiger partial charge >= 0.3 is 0 Å². The molecule has 2 rings (SSSR count). The zero-order valence-electron chi connectivity index (χ0n) is 18.5. The average molecular weight is 510 g/mol. The Morgan fingerprint density at radius 1 is 1.16 bits per heavy atom. The lowest BCUT2D eigenvalue weighted by Crippen LogP contribution is -2.50. The van der Waals surface area contributed by atoms with E-state index in [4.69, 9.17) is 16.3 Å². The molecule has 5 nitrogen and oxygen atoms in total. The van der Waals surface area contributed by atoms with Crippen LogP contribution in [0, 0.1) is 12.8 Å². The highest BCUT2D eigenvalue weighted by Gasteiger charge is 2.29. The molecule has 2 aromatic carbocycles. The number of hydrogen-bond donors (Lipinski definition) is 1. The van der Waals surface area contributed by atoms with Crippen molar-refractivity contribution in [3.05, 3.63) is 63.1 Å². The van der Waals surface area contributed by atoms with Crippen LogP contribution in [0.2, 0.25) is 5.02 Å². The number of nitrogens with one attached hydrogen (secondary N) is 1. The van der Waals surface area contributed by atoms with Gasteiger partial charge in [0.2, 0.25) is 5.91 Å². The van der Waals surface area contributed by atoms with Gasteiger partial charge in [0.1, 0.15) is 11.8 Å². The van der Waals surface area contributed by atoms with Crippen LogP contribution in [0.5, 0.6) is 5.75 Å². The number of amides is 2. The summed E-state index contributed by atoms with van der Waals surface area (Å²) in [5.74, 6) is 0.320. The number of benzene rings is 2. The molecular formula is C24H30BrClN2O3. The summed E-state index contributed by atoms with van der Waals surface area (Å²) in [6.07, 6.45) is 0.501. The first kappa shape index (κ1) is 25.2. The molecule has 0 saturated heterocycles. The molecule has 1 atom stereocenters. The van der Waals surface area contributed by atoms with Crippen molar-refractivity contribution in [3.63, 3.8) is 0 Å². The standard InChI is InChI=1S/C24H30BrClN2O3/c1-5-21(24(30)27-13-16(2)3)28(14-18-8-6-17(4)7-9-18)23(29)15-31-22-11-10-19(25)12-20(22)26/h6-12,16,21H,5,13-15H2,1-4H3,(H,27,30). The number of ether oxygens (including phenoxy) is 1. The lowest BCUT2D eigenvalue weighted by molar-refractivity contribution is -0.143. The summed E-state index contributed by atoms with van der Waals surface area (Å²) < 4.78 is 6.51. The van der Waals surface area contributed by atoms with Gasteiger partial charge in [-0.15, -0.1) is 0 Å². The molecule has 0 saturated carbocycles. The predicted octanol–water partition coefficient (Wildman–Crippen LogP) is 5.37. The highest BCUT2D eigenvalue weighted by Crippen LogP contribution is 2.28. The Bertz CT molecular complexity index is 887. The molecule has 0 spiro atoms. The normalized spacial score (nSPS) is 11.8. The van der Waals surface area contributed by atoms with Crippen LogP contribution >= 0.6 is 27.5 Å². The summed E-state index contributed by atoms with van der Waals surface area (Å²) in [5, 5.41) is 3.36. The van der Waals surface area contributed by atoms with E-state index in [2.05, 4.69) is 21.2 Å². The van der Waals surface area contributed by atoms with E-state index in [1.165, 1.54) is 0 Å². The second-order valence-corrected chi connectivity index (χ2v) is 9.26. The SMILES string of the molecule is CCC(C(=O)NCC(C)C)N(Cc1ccc(C)cc1)C(=O)COc1ccc(Br)cc1Cl. The molecule has 7 heteroatoms. The van der Waals surface area contributed by atoms with Crippen LogP contribution in [-0.2, 0) is 16.1 Å². The number of carbonyl (C=O) groups excluding carboxylic acids is 2. The van der Waals surface area contributed by atoms with Crippen molar-refractivity contribution in [2.75, 3.05) is 13.2 Å². The number of hydrogen-bond acceptors (Lipinski definition) is 3. The second kappa shape index (κ2) is 12.1. The Labute approximate surface area is 198 Å². The molecule has 0 aliphatic carbocycles. The molecule has 0 aliphatic heterocycles. The predicted molar refractivity (Wildman–Crippen MR) is 128 cm³/mol. The molecule has 0 radical (unpaired) electrons. The van der Waals surface area contributed by atoms with Crippen molar-refractivity contribution < 1.29 is 14.3 Å². The smallest absolute Gasteiger partial charge is 0.261 e. The Hall–Kier alpha value is -2.05. The van der Waals surface area contributed by atoms with Crippen LogP contribution < -0.4 is 10.1 Å². The summed E-state index contributed by atoms with van der Waals surface area (Å²) in [6.45, 7) is 8.66.